The van der Waals surface area contributed by atoms with Crippen LogP contribution in [0.25, 0.3) is 0 Å². The molecule has 0 unspecified atom stereocenters. The lowest BCUT2D eigenvalue weighted by molar-refractivity contribution is -0.180. The number of hydrogen-bond donors (Lipinski definition) is 0. The fourth-order valence-electron chi connectivity index (χ4n) is 3.01. The summed E-state index contributed by atoms with van der Waals surface area (Å²) in [5.41, 5.74) is -0.0859. The van der Waals surface area contributed by atoms with Crippen molar-refractivity contribution in [3.8, 4) is 0 Å². The Morgan fingerprint density at radius 3 is 2.31 bits per heavy atom. The van der Waals surface area contributed by atoms with Crippen molar-refractivity contribution in [1.82, 2.24) is 0 Å². The lowest BCUT2D eigenvalue weighted by atomic mass is 10.2. The topological polar surface area (TPSA) is 36.9 Å². The molecule has 2 saturated heterocycles. The Labute approximate surface area is 163 Å². The number of fused-ring (bicyclic) bond motifs is 1. The number of benzene rings is 1. The molecule has 2 heterocycles. The van der Waals surface area contributed by atoms with Crippen LogP contribution < -0.4 is 0 Å². The molecule has 146 valence electrons. The highest BCUT2D eigenvalue weighted by Crippen LogP contribution is 2.45. The first-order valence-electron chi connectivity index (χ1n) is 9.35. The minimum Gasteiger partial charge on any atom is -0.414 e. The van der Waals surface area contributed by atoms with E-state index in [4.69, 9.17) is 18.6 Å². The quantitative estimate of drug-likeness (QED) is 0.651. The van der Waals surface area contributed by atoms with Gasteiger partial charge in [-0.25, -0.2) is 0 Å². The molecule has 0 bridgehead atoms. The van der Waals surface area contributed by atoms with Crippen molar-refractivity contribution in [1.29, 1.82) is 0 Å². The Morgan fingerprint density at radius 2 is 1.69 bits per heavy atom. The van der Waals surface area contributed by atoms with Crippen LogP contribution in [0.15, 0.2) is 35.2 Å². The van der Waals surface area contributed by atoms with E-state index in [2.05, 4.69) is 46.0 Å². The molecular formula is C20H32O4SSi. The summed E-state index contributed by atoms with van der Waals surface area (Å²) in [7, 11) is -1.83. The molecule has 0 aromatic heterocycles. The van der Waals surface area contributed by atoms with Crippen molar-refractivity contribution >= 4 is 20.1 Å². The first kappa shape index (κ1) is 20.4. The van der Waals surface area contributed by atoms with Gasteiger partial charge in [0.15, 0.2) is 14.1 Å². The zero-order chi connectivity index (χ0) is 19.2. The van der Waals surface area contributed by atoms with Crippen LogP contribution in [0.4, 0.5) is 0 Å². The van der Waals surface area contributed by atoms with Crippen LogP contribution in [-0.4, -0.2) is 44.5 Å². The predicted molar refractivity (Wildman–Crippen MR) is 108 cm³/mol. The fourth-order valence-corrected chi connectivity index (χ4v) is 5.15. The third kappa shape index (κ3) is 4.37. The average molecular weight is 397 g/mol. The monoisotopic (exact) mass is 396 g/mol. The summed E-state index contributed by atoms with van der Waals surface area (Å²) in [5, 5.41) is 0.176. The van der Waals surface area contributed by atoms with Gasteiger partial charge in [0.2, 0.25) is 0 Å². The van der Waals surface area contributed by atoms with Gasteiger partial charge in [-0.2, -0.15) is 0 Å². The Kier molecular flexibility index (Phi) is 5.66. The smallest absolute Gasteiger partial charge is 0.192 e. The zero-order valence-corrected chi connectivity index (χ0v) is 18.8. The van der Waals surface area contributed by atoms with Crippen molar-refractivity contribution in [3.05, 3.63) is 30.3 Å². The van der Waals surface area contributed by atoms with E-state index in [0.29, 0.717) is 6.61 Å². The summed E-state index contributed by atoms with van der Waals surface area (Å²) in [6.45, 7) is 15.8. The molecule has 1 aromatic carbocycles. The van der Waals surface area contributed by atoms with Crippen LogP contribution in [0, 0.1) is 0 Å². The van der Waals surface area contributed by atoms with E-state index in [1.165, 1.54) is 4.90 Å². The number of ether oxygens (including phenoxy) is 3. The molecule has 0 radical (unpaired) electrons. The van der Waals surface area contributed by atoms with E-state index < -0.39 is 14.1 Å². The van der Waals surface area contributed by atoms with Crippen molar-refractivity contribution < 1.29 is 18.6 Å². The fraction of sp³-hybridized carbons (Fsp3) is 0.700. The van der Waals surface area contributed by atoms with E-state index in [0.717, 1.165) is 0 Å². The Balaban J connectivity index is 1.71. The average Bonchev–Trinajstić information content (AvgIpc) is 3.00. The van der Waals surface area contributed by atoms with E-state index >= 15 is 0 Å². The number of hydrogen-bond acceptors (Lipinski definition) is 5. The maximum atomic E-state index is 6.42. The molecule has 0 saturated carbocycles. The van der Waals surface area contributed by atoms with Gasteiger partial charge in [0.1, 0.15) is 23.7 Å². The van der Waals surface area contributed by atoms with Crippen molar-refractivity contribution in [2.75, 3.05) is 6.61 Å². The molecule has 0 amide bonds. The maximum absolute atomic E-state index is 6.42. The summed E-state index contributed by atoms with van der Waals surface area (Å²) in [6, 6.07) is 10.3. The summed E-state index contributed by atoms with van der Waals surface area (Å²) >= 11 is 1.70. The van der Waals surface area contributed by atoms with Crippen LogP contribution in [0.3, 0.4) is 0 Å². The molecule has 0 aliphatic carbocycles. The molecule has 1 aromatic rings. The van der Waals surface area contributed by atoms with E-state index in [1.807, 2.05) is 32.0 Å². The molecule has 2 aliphatic heterocycles. The van der Waals surface area contributed by atoms with Crippen molar-refractivity contribution in [2.24, 2.45) is 0 Å². The molecular weight excluding hydrogens is 364 g/mol. The Bertz CT molecular complexity index is 614. The number of thioether (sulfide) groups is 1. The second-order valence-corrected chi connectivity index (χ2v) is 15.1. The molecule has 4 nitrogen and oxygen atoms in total. The summed E-state index contributed by atoms with van der Waals surface area (Å²) in [6.07, 6.45) is -0.267. The SMILES string of the molecule is CC1(C)O[C@@H]2[C@H](O1)[C@@H](CO[Si](C)(C)C(C)(C)C)O[C@@H]2Sc1ccccc1. The van der Waals surface area contributed by atoms with Crippen molar-refractivity contribution in [2.45, 2.75) is 87.2 Å². The highest BCUT2D eigenvalue weighted by atomic mass is 32.2. The lowest BCUT2D eigenvalue weighted by Gasteiger charge is -2.37. The molecule has 26 heavy (non-hydrogen) atoms. The molecule has 0 N–H and O–H groups in total. The van der Waals surface area contributed by atoms with Crippen LogP contribution in [-0.2, 0) is 18.6 Å². The highest BCUT2D eigenvalue weighted by Gasteiger charge is 2.56. The summed E-state index contributed by atoms with van der Waals surface area (Å²) < 4.78 is 25.1. The van der Waals surface area contributed by atoms with E-state index in [9.17, 15) is 0 Å². The van der Waals surface area contributed by atoms with Gasteiger partial charge in [-0.3, -0.25) is 0 Å². The largest absolute Gasteiger partial charge is 0.414 e. The van der Waals surface area contributed by atoms with E-state index in [-0.39, 0.29) is 28.8 Å². The first-order chi connectivity index (χ1) is 12.0. The summed E-state index contributed by atoms with van der Waals surface area (Å²) in [4.78, 5) is 1.18. The van der Waals surface area contributed by atoms with Gasteiger partial charge in [0.25, 0.3) is 0 Å². The van der Waals surface area contributed by atoms with Gasteiger partial charge in [-0.15, -0.1) is 0 Å². The zero-order valence-electron chi connectivity index (χ0n) is 16.9. The normalized spacial score (nSPS) is 31.2. The predicted octanol–water partition coefficient (Wildman–Crippen LogP) is 5.05. The molecule has 6 heteroatoms. The standard InChI is InChI=1S/C20H32O4SSi/c1-19(2,3)26(6,7)21-13-15-16-17(24-20(4,5)23-16)18(22-15)25-14-11-9-8-10-12-14/h8-12,15-18H,13H2,1-7H3/t15-,16-,17-,18-/m1/s1. The highest BCUT2D eigenvalue weighted by molar-refractivity contribution is 7.99. The second-order valence-electron chi connectivity index (χ2n) is 9.11. The third-order valence-electron chi connectivity index (χ3n) is 5.52. The molecule has 4 atom stereocenters. The van der Waals surface area contributed by atoms with E-state index in [1.54, 1.807) is 11.8 Å². The van der Waals surface area contributed by atoms with Gasteiger partial charge in [0.05, 0.1) is 6.61 Å². The second kappa shape index (κ2) is 7.22. The first-order valence-corrected chi connectivity index (χ1v) is 13.1. The van der Waals surface area contributed by atoms with Gasteiger partial charge in [-0.1, -0.05) is 50.7 Å². The van der Waals surface area contributed by atoms with Gasteiger partial charge < -0.3 is 18.6 Å². The Hall–Kier alpha value is -0.373. The number of rotatable bonds is 5. The van der Waals surface area contributed by atoms with Crippen LogP contribution in [0.2, 0.25) is 18.1 Å². The van der Waals surface area contributed by atoms with Gasteiger partial charge in [0, 0.05) is 4.90 Å². The third-order valence-corrected chi connectivity index (χ3v) is 11.2. The molecule has 2 fully saturated rings. The van der Waals surface area contributed by atoms with Crippen molar-refractivity contribution in [3.63, 3.8) is 0 Å². The minimum absolute atomic E-state index is 0.0804. The maximum Gasteiger partial charge on any atom is 0.192 e. The molecule has 2 aliphatic rings. The van der Waals surface area contributed by atoms with Gasteiger partial charge >= 0.3 is 0 Å². The Morgan fingerprint density at radius 1 is 1.08 bits per heavy atom. The lowest BCUT2D eigenvalue weighted by Crippen LogP contribution is -2.44. The van der Waals surface area contributed by atoms with Crippen LogP contribution in [0.1, 0.15) is 34.6 Å². The minimum atomic E-state index is -1.83. The van der Waals surface area contributed by atoms with Gasteiger partial charge in [-0.05, 0) is 44.1 Å². The van der Waals surface area contributed by atoms with Crippen LogP contribution in [0.5, 0.6) is 0 Å². The molecule has 3 rings (SSSR count). The molecule has 0 spiro atoms. The van der Waals surface area contributed by atoms with Crippen LogP contribution >= 0.6 is 11.8 Å². The summed E-state index contributed by atoms with van der Waals surface area (Å²) in [5.74, 6) is -0.580.